The van der Waals surface area contributed by atoms with Crippen molar-refractivity contribution in [3.05, 3.63) is 40.7 Å². The number of nitrogen functional groups attached to an aromatic ring is 1. The van der Waals surface area contributed by atoms with Gasteiger partial charge in [-0.3, -0.25) is 4.79 Å². The maximum Gasteiger partial charge on any atom is 0.309 e. The highest BCUT2D eigenvalue weighted by Gasteiger charge is 2.04. The van der Waals surface area contributed by atoms with Crippen LogP contribution in [0.5, 0.6) is 0 Å². The second kappa shape index (κ2) is 4.01. The van der Waals surface area contributed by atoms with Crippen LogP contribution in [0.2, 0.25) is 0 Å². The molecule has 2 rings (SSSR count). The molecule has 16 heavy (non-hydrogen) atoms. The molecule has 0 saturated carbocycles. The van der Waals surface area contributed by atoms with Gasteiger partial charge in [0.25, 0.3) is 0 Å². The molecule has 0 amide bonds. The number of nitrogens with zero attached hydrogens (tertiary/aromatic N) is 3. The SMILES string of the molecule is Cn1nc(Nc2ccccc2)nc(N)c1=O. The highest BCUT2D eigenvalue weighted by Crippen LogP contribution is 2.10. The van der Waals surface area contributed by atoms with Crippen LogP contribution in [-0.2, 0) is 7.05 Å². The van der Waals surface area contributed by atoms with Gasteiger partial charge in [0.05, 0.1) is 0 Å². The zero-order chi connectivity index (χ0) is 11.5. The van der Waals surface area contributed by atoms with Gasteiger partial charge in [0, 0.05) is 12.7 Å². The van der Waals surface area contributed by atoms with Gasteiger partial charge in [-0.2, -0.15) is 4.98 Å². The van der Waals surface area contributed by atoms with Crippen molar-refractivity contribution in [1.29, 1.82) is 0 Å². The minimum atomic E-state index is -0.404. The highest BCUT2D eigenvalue weighted by atomic mass is 16.1. The van der Waals surface area contributed by atoms with E-state index in [0.29, 0.717) is 5.95 Å². The number of para-hydroxylation sites is 1. The average molecular weight is 217 g/mol. The van der Waals surface area contributed by atoms with Crippen molar-refractivity contribution in [2.45, 2.75) is 0 Å². The summed E-state index contributed by atoms with van der Waals surface area (Å²) in [6, 6.07) is 9.40. The summed E-state index contributed by atoms with van der Waals surface area (Å²) in [6.07, 6.45) is 0. The first-order chi connectivity index (χ1) is 7.66. The summed E-state index contributed by atoms with van der Waals surface area (Å²) in [5, 5.41) is 6.88. The van der Waals surface area contributed by atoms with Gasteiger partial charge < -0.3 is 11.1 Å². The Balaban J connectivity index is 2.33. The molecule has 2 aromatic rings. The highest BCUT2D eigenvalue weighted by molar-refractivity contribution is 5.53. The molecule has 0 fully saturated rings. The molecule has 82 valence electrons. The number of nitrogens with one attached hydrogen (secondary N) is 1. The lowest BCUT2D eigenvalue weighted by molar-refractivity contribution is 0.700. The van der Waals surface area contributed by atoms with E-state index < -0.39 is 5.56 Å². The molecule has 0 atom stereocenters. The van der Waals surface area contributed by atoms with E-state index in [4.69, 9.17) is 5.73 Å². The zero-order valence-corrected chi connectivity index (χ0v) is 8.71. The van der Waals surface area contributed by atoms with E-state index >= 15 is 0 Å². The quantitative estimate of drug-likeness (QED) is 0.765. The van der Waals surface area contributed by atoms with Crippen molar-refractivity contribution in [2.75, 3.05) is 11.1 Å². The predicted octanol–water partition coefficient (Wildman–Crippen LogP) is 0.501. The van der Waals surface area contributed by atoms with Crippen LogP contribution in [-0.4, -0.2) is 14.8 Å². The normalized spacial score (nSPS) is 10.1. The van der Waals surface area contributed by atoms with Gasteiger partial charge in [-0.1, -0.05) is 18.2 Å². The van der Waals surface area contributed by atoms with E-state index in [2.05, 4.69) is 15.4 Å². The summed E-state index contributed by atoms with van der Waals surface area (Å²) in [5.74, 6) is 0.224. The monoisotopic (exact) mass is 217 g/mol. The van der Waals surface area contributed by atoms with E-state index in [-0.39, 0.29) is 5.82 Å². The Morgan fingerprint density at radius 2 is 2.00 bits per heavy atom. The van der Waals surface area contributed by atoms with Crippen LogP contribution in [0.3, 0.4) is 0 Å². The maximum absolute atomic E-state index is 11.3. The van der Waals surface area contributed by atoms with E-state index in [1.165, 1.54) is 7.05 Å². The summed E-state index contributed by atoms with van der Waals surface area (Å²) < 4.78 is 1.15. The van der Waals surface area contributed by atoms with Crippen molar-refractivity contribution in [3.8, 4) is 0 Å². The Bertz CT molecular complexity index is 523. The first-order valence-corrected chi connectivity index (χ1v) is 4.70. The third-order valence-corrected chi connectivity index (χ3v) is 2.01. The fourth-order valence-electron chi connectivity index (χ4n) is 1.24. The van der Waals surface area contributed by atoms with E-state index in [1.54, 1.807) is 0 Å². The lowest BCUT2D eigenvalue weighted by Crippen LogP contribution is -2.25. The van der Waals surface area contributed by atoms with Gasteiger partial charge in [-0.25, -0.2) is 4.68 Å². The van der Waals surface area contributed by atoms with Crippen molar-refractivity contribution in [1.82, 2.24) is 14.8 Å². The zero-order valence-electron chi connectivity index (χ0n) is 8.71. The molecule has 0 aliphatic carbocycles. The van der Waals surface area contributed by atoms with E-state index in [9.17, 15) is 4.79 Å². The standard InChI is InChI=1S/C10H11N5O/c1-15-9(16)8(11)13-10(14-15)12-7-5-3-2-4-6-7/h2-6H,1H3,(H3,11,12,13,14). The summed E-state index contributed by atoms with van der Waals surface area (Å²) in [5.41, 5.74) is 5.88. The fraction of sp³-hybridized carbons (Fsp3) is 0.100. The first kappa shape index (κ1) is 10.2. The van der Waals surface area contributed by atoms with Crippen LogP contribution in [0, 0.1) is 0 Å². The van der Waals surface area contributed by atoms with Crippen molar-refractivity contribution in [2.24, 2.45) is 7.05 Å². The molecule has 0 aliphatic heterocycles. The molecule has 1 aromatic heterocycles. The van der Waals surface area contributed by atoms with Gasteiger partial charge in [0.1, 0.15) is 0 Å². The van der Waals surface area contributed by atoms with Crippen LogP contribution < -0.4 is 16.6 Å². The molecule has 0 radical (unpaired) electrons. The topological polar surface area (TPSA) is 85.8 Å². The second-order valence-corrected chi connectivity index (χ2v) is 3.24. The Morgan fingerprint density at radius 3 is 2.62 bits per heavy atom. The first-order valence-electron chi connectivity index (χ1n) is 4.70. The van der Waals surface area contributed by atoms with E-state index in [1.807, 2.05) is 30.3 Å². The minimum Gasteiger partial charge on any atom is -0.379 e. The molecule has 3 N–H and O–H groups in total. The minimum absolute atomic E-state index is 0.0732. The van der Waals surface area contributed by atoms with Crippen LogP contribution in [0.25, 0.3) is 0 Å². The van der Waals surface area contributed by atoms with Crippen molar-refractivity contribution >= 4 is 17.5 Å². The molecule has 0 saturated heterocycles. The van der Waals surface area contributed by atoms with Gasteiger partial charge in [-0.15, -0.1) is 5.10 Å². The van der Waals surface area contributed by atoms with Crippen LogP contribution >= 0.6 is 0 Å². The molecule has 1 aromatic carbocycles. The summed E-state index contributed by atoms with van der Waals surface area (Å²) in [6.45, 7) is 0. The molecular weight excluding hydrogens is 206 g/mol. The van der Waals surface area contributed by atoms with Gasteiger partial charge in [0.2, 0.25) is 5.95 Å². The molecular formula is C10H11N5O. The van der Waals surface area contributed by atoms with Gasteiger partial charge in [-0.05, 0) is 12.1 Å². The summed E-state index contributed by atoms with van der Waals surface area (Å²) in [4.78, 5) is 15.1. The fourth-order valence-corrected chi connectivity index (χ4v) is 1.24. The molecule has 0 unspecified atom stereocenters. The van der Waals surface area contributed by atoms with E-state index in [0.717, 1.165) is 10.4 Å². The van der Waals surface area contributed by atoms with Gasteiger partial charge >= 0.3 is 5.56 Å². The lowest BCUT2D eigenvalue weighted by atomic mass is 10.3. The summed E-state index contributed by atoms with van der Waals surface area (Å²) >= 11 is 0. The Labute approximate surface area is 91.7 Å². The molecule has 0 aliphatic rings. The third kappa shape index (κ3) is 2.00. The molecule has 6 nitrogen and oxygen atoms in total. The number of nitrogens with two attached hydrogens (primary N) is 1. The van der Waals surface area contributed by atoms with Crippen LogP contribution in [0.1, 0.15) is 0 Å². The Hall–Kier alpha value is -2.37. The molecule has 0 spiro atoms. The Kier molecular flexibility index (Phi) is 2.55. The number of anilines is 3. The second-order valence-electron chi connectivity index (χ2n) is 3.24. The van der Waals surface area contributed by atoms with Crippen molar-refractivity contribution < 1.29 is 0 Å². The number of aromatic nitrogens is 3. The number of aryl methyl sites for hydroxylation is 1. The van der Waals surface area contributed by atoms with Gasteiger partial charge in [0.15, 0.2) is 5.82 Å². The van der Waals surface area contributed by atoms with Crippen LogP contribution in [0.15, 0.2) is 35.1 Å². The average Bonchev–Trinajstić information content (AvgIpc) is 2.27. The maximum atomic E-state index is 11.3. The number of hydrogen-bond acceptors (Lipinski definition) is 5. The summed E-state index contributed by atoms with van der Waals surface area (Å²) in [7, 11) is 1.52. The molecule has 0 bridgehead atoms. The van der Waals surface area contributed by atoms with Crippen molar-refractivity contribution in [3.63, 3.8) is 0 Å². The van der Waals surface area contributed by atoms with Crippen LogP contribution in [0.4, 0.5) is 17.5 Å². The number of hydrogen-bond donors (Lipinski definition) is 2. The number of benzene rings is 1. The predicted molar refractivity (Wildman–Crippen MR) is 61.4 cm³/mol. The smallest absolute Gasteiger partial charge is 0.309 e. The molecule has 6 heteroatoms. The third-order valence-electron chi connectivity index (χ3n) is 2.01. The number of rotatable bonds is 2. The molecule has 1 heterocycles. The Morgan fingerprint density at radius 1 is 1.31 bits per heavy atom. The largest absolute Gasteiger partial charge is 0.379 e. The lowest BCUT2D eigenvalue weighted by Gasteiger charge is -2.05.